The van der Waals surface area contributed by atoms with Crippen LogP contribution in [0, 0.1) is 0 Å². The Morgan fingerprint density at radius 3 is 2.42 bits per heavy atom. The first-order valence-electron chi connectivity index (χ1n) is 10.3. The van der Waals surface area contributed by atoms with Crippen LogP contribution in [-0.2, 0) is 11.4 Å². The van der Waals surface area contributed by atoms with Crippen molar-refractivity contribution < 1.29 is 24.2 Å². The molecule has 3 aromatic rings. The highest BCUT2D eigenvalue weighted by Gasteiger charge is 2.29. The molecule has 7 heteroatoms. The molecule has 1 aliphatic heterocycles. The lowest BCUT2D eigenvalue weighted by Gasteiger charge is -2.14. The summed E-state index contributed by atoms with van der Waals surface area (Å²) < 4.78 is 11.6. The highest BCUT2D eigenvalue weighted by molar-refractivity contribution is 6.32. The smallest absolute Gasteiger partial charge is 0.335 e. The Kier molecular flexibility index (Phi) is 6.22. The minimum atomic E-state index is -1.03. The second-order valence-corrected chi connectivity index (χ2v) is 7.37. The number of para-hydroxylation sites is 1. The molecular formula is C26H22N2O5. The van der Waals surface area contributed by atoms with Crippen LogP contribution < -0.4 is 14.5 Å². The van der Waals surface area contributed by atoms with E-state index < -0.39 is 5.97 Å². The first kappa shape index (κ1) is 21.8. The van der Waals surface area contributed by atoms with E-state index in [1.165, 1.54) is 17.1 Å². The van der Waals surface area contributed by atoms with Crippen molar-refractivity contribution in [2.75, 3.05) is 12.1 Å². The monoisotopic (exact) mass is 442 g/mol. The van der Waals surface area contributed by atoms with Crippen LogP contribution in [0.1, 0.15) is 28.4 Å². The van der Waals surface area contributed by atoms with E-state index in [0.717, 1.165) is 5.56 Å². The molecule has 33 heavy (non-hydrogen) atoms. The van der Waals surface area contributed by atoms with Crippen LogP contribution in [0.25, 0.3) is 6.08 Å². The van der Waals surface area contributed by atoms with E-state index in [9.17, 15) is 9.59 Å². The number of aromatic carboxylic acids is 1. The summed E-state index contributed by atoms with van der Waals surface area (Å²) in [5, 5.41) is 14.7. The van der Waals surface area contributed by atoms with E-state index in [4.69, 9.17) is 14.6 Å². The minimum Gasteiger partial charge on any atom is -0.493 e. The van der Waals surface area contributed by atoms with E-state index in [0.29, 0.717) is 40.6 Å². The van der Waals surface area contributed by atoms with Crippen molar-refractivity contribution in [3.63, 3.8) is 0 Å². The third kappa shape index (κ3) is 4.62. The molecule has 0 saturated heterocycles. The molecule has 3 aromatic carbocycles. The maximum Gasteiger partial charge on any atom is 0.335 e. The van der Waals surface area contributed by atoms with E-state index in [-0.39, 0.29) is 11.5 Å². The van der Waals surface area contributed by atoms with Crippen molar-refractivity contribution >= 4 is 29.4 Å². The number of anilines is 1. The minimum absolute atomic E-state index is 0.137. The molecule has 0 aliphatic carbocycles. The molecule has 4 rings (SSSR count). The molecule has 0 saturated carbocycles. The van der Waals surface area contributed by atoms with Crippen molar-refractivity contribution in [1.82, 2.24) is 0 Å². The van der Waals surface area contributed by atoms with Gasteiger partial charge in [-0.05, 0) is 48.9 Å². The zero-order chi connectivity index (χ0) is 23.4. The lowest BCUT2D eigenvalue weighted by atomic mass is 10.1. The van der Waals surface area contributed by atoms with Crippen LogP contribution >= 0.6 is 0 Å². The van der Waals surface area contributed by atoms with Crippen LogP contribution in [0.5, 0.6) is 11.5 Å². The van der Waals surface area contributed by atoms with Gasteiger partial charge in [0.1, 0.15) is 6.61 Å². The number of carboxylic acids is 1. The van der Waals surface area contributed by atoms with Gasteiger partial charge in [-0.2, -0.15) is 10.1 Å². The quantitative estimate of drug-likeness (QED) is 0.532. The van der Waals surface area contributed by atoms with Gasteiger partial charge in [-0.1, -0.05) is 42.5 Å². The van der Waals surface area contributed by atoms with E-state index in [2.05, 4.69) is 5.10 Å². The van der Waals surface area contributed by atoms with Crippen molar-refractivity contribution in [2.24, 2.45) is 5.10 Å². The lowest BCUT2D eigenvalue weighted by Crippen LogP contribution is -2.21. The fraction of sp³-hybridized carbons (Fsp3) is 0.115. The molecule has 1 amide bonds. The summed E-state index contributed by atoms with van der Waals surface area (Å²) in [6.07, 6.45) is 1.73. The Labute approximate surface area is 191 Å². The summed E-state index contributed by atoms with van der Waals surface area (Å²) in [5.41, 5.74) is 3.27. The van der Waals surface area contributed by atoms with Crippen LogP contribution in [0.2, 0.25) is 0 Å². The highest BCUT2D eigenvalue weighted by Crippen LogP contribution is 2.35. The Hall–Kier alpha value is -4.39. The van der Waals surface area contributed by atoms with Gasteiger partial charge in [-0.15, -0.1) is 0 Å². The van der Waals surface area contributed by atoms with Crippen molar-refractivity contribution in [2.45, 2.75) is 13.5 Å². The first-order chi connectivity index (χ1) is 16.0. The summed E-state index contributed by atoms with van der Waals surface area (Å²) in [5.74, 6) is -0.259. The number of nitrogens with zero attached hydrogens (tertiary/aromatic N) is 2. The third-order valence-corrected chi connectivity index (χ3v) is 5.18. The van der Waals surface area contributed by atoms with E-state index in [1.807, 2.05) is 42.5 Å². The zero-order valence-electron chi connectivity index (χ0n) is 18.2. The van der Waals surface area contributed by atoms with Gasteiger partial charge in [0.25, 0.3) is 5.91 Å². The summed E-state index contributed by atoms with van der Waals surface area (Å²) in [7, 11) is 1.57. The highest BCUT2D eigenvalue weighted by atomic mass is 16.5. The summed E-state index contributed by atoms with van der Waals surface area (Å²) >= 11 is 0. The molecule has 0 unspecified atom stereocenters. The topological polar surface area (TPSA) is 88.4 Å². The Balaban J connectivity index is 1.64. The van der Waals surface area contributed by atoms with Crippen molar-refractivity contribution in [1.29, 1.82) is 0 Å². The molecule has 0 fully saturated rings. The molecular weight excluding hydrogens is 420 g/mol. The predicted molar refractivity (Wildman–Crippen MR) is 126 cm³/mol. The van der Waals surface area contributed by atoms with Crippen LogP contribution in [0.4, 0.5) is 5.69 Å². The lowest BCUT2D eigenvalue weighted by molar-refractivity contribution is -0.114. The van der Waals surface area contributed by atoms with Gasteiger partial charge in [0.05, 0.1) is 29.6 Å². The molecule has 0 spiro atoms. The fourth-order valence-electron chi connectivity index (χ4n) is 3.45. The normalized spacial score (nSPS) is 14.4. The van der Waals surface area contributed by atoms with E-state index in [1.54, 1.807) is 38.3 Å². The summed E-state index contributed by atoms with van der Waals surface area (Å²) in [4.78, 5) is 24.2. The standard InChI is InChI=1S/C26H22N2O5/c1-17-22(25(29)28(27-17)21-13-11-19(12-14-21)26(30)31)15-20-9-6-10-23(32-2)24(20)33-16-18-7-4-3-5-8-18/h3-15H,16H2,1-2H3,(H,30,31)/b22-15-. The van der Waals surface area contributed by atoms with Crippen LogP contribution in [0.3, 0.4) is 0 Å². The molecule has 0 atom stereocenters. The Morgan fingerprint density at radius 1 is 1.03 bits per heavy atom. The number of rotatable bonds is 7. The first-order valence-corrected chi connectivity index (χ1v) is 10.3. The number of amides is 1. The number of carboxylic acid groups (broad SMARTS) is 1. The molecule has 1 heterocycles. The fourth-order valence-corrected chi connectivity index (χ4v) is 3.45. The number of hydrogen-bond donors (Lipinski definition) is 1. The van der Waals surface area contributed by atoms with Gasteiger partial charge in [0, 0.05) is 5.56 Å². The maximum atomic E-state index is 13.1. The third-order valence-electron chi connectivity index (χ3n) is 5.18. The maximum absolute atomic E-state index is 13.1. The number of carbonyl (C=O) groups excluding carboxylic acids is 1. The van der Waals surface area contributed by atoms with Gasteiger partial charge in [0.2, 0.25) is 0 Å². The second-order valence-electron chi connectivity index (χ2n) is 7.37. The van der Waals surface area contributed by atoms with Gasteiger partial charge >= 0.3 is 5.97 Å². The number of benzene rings is 3. The average molecular weight is 442 g/mol. The Bertz CT molecular complexity index is 1250. The Morgan fingerprint density at radius 2 is 1.76 bits per heavy atom. The second kappa shape index (κ2) is 9.40. The van der Waals surface area contributed by atoms with Crippen molar-refractivity contribution in [3.05, 3.63) is 95.1 Å². The summed E-state index contributed by atoms with van der Waals surface area (Å²) in [6, 6.07) is 21.2. The number of hydrazone groups is 1. The summed E-state index contributed by atoms with van der Waals surface area (Å²) in [6.45, 7) is 2.10. The zero-order valence-corrected chi connectivity index (χ0v) is 18.2. The SMILES string of the molecule is COc1cccc(/C=C2\C(=O)N(c3ccc(C(=O)O)cc3)N=C2C)c1OCc1ccccc1. The van der Waals surface area contributed by atoms with Gasteiger partial charge in [-0.3, -0.25) is 4.79 Å². The molecule has 0 bridgehead atoms. The number of hydrogen-bond acceptors (Lipinski definition) is 5. The molecule has 1 N–H and O–H groups in total. The van der Waals surface area contributed by atoms with Gasteiger partial charge in [0.15, 0.2) is 11.5 Å². The number of ether oxygens (including phenoxy) is 2. The number of carbonyl (C=O) groups is 2. The van der Waals surface area contributed by atoms with Crippen LogP contribution in [0.15, 0.2) is 83.5 Å². The number of methoxy groups -OCH3 is 1. The van der Waals surface area contributed by atoms with Crippen LogP contribution in [-0.4, -0.2) is 29.8 Å². The molecule has 7 nitrogen and oxygen atoms in total. The average Bonchev–Trinajstić information content (AvgIpc) is 3.12. The molecule has 0 aromatic heterocycles. The molecule has 0 radical (unpaired) electrons. The van der Waals surface area contributed by atoms with Crippen molar-refractivity contribution in [3.8, 4) is 11.5 Å². The van der Waals surface area contributed by atoms with Gasteiger partial charge < -0.3 is 14.6 Å². The van der Waals surface area contributed by atoms with Gasteiger partial charge in [-0.25, -0.2) is 4.79 Å². The van der Waals surface area contributed by atoms with E-state index >= 15 is 0 Å². The predicted octanol–water partition coefficient (Wildman–Crippen LogP) is 4.78. The largest absolute Gasteiger partial charge is 0.493 e. The molecule has 1 aliphatic rings. The molecule has 166 valence electrons.